The Bertz CT molecular complexity index is 450. The molecule has 2 N–H and O–H groups in total. The molecule has 3 nitrogen and oxygen atoms in total. The van der Waals surface area contributed by atoms with E-state index in [4.69, 9.17) is 0 Å². The van der Waals surface area contributed by atoms with E-state index in [1.807, 2.05) is 0 Å². The van der Waals surface area contributed by atoms with Crippen LogP contribution < -0.4 is 10.6 Å². The smallest absolute Gasteiger partial charge is 0.237 e. The maximum absolute atomic E-state index is 13.5. The summed E-state index contributed by atoms with van der Waals surface area (Å²) in [7, 11) is 0. The zero-order chi connectivity index (χ0) is 13.1. The molecule has 1 aromatic carbocycles. The Kier molecular flexibility index (Phi) is 5.69. The molecule has 19 heavy (non-hydrogen) atoms. The number of benzene rings is 1. The lowest BCUT2D eigenvalue weighted by Crippen LogP contribution is -2.41. The van der Waals surface area contributed by atoms with Gasteiger partial charge in [0, 0.05) is 11.6 Å². The van der Waals surface area contributed by atoms with Crippen molar-refractivity contribution in [3.8, 4) is 0 Å². The van der Waals surface area contributed by atoms with Crippen molar-refractivity contribution >= 4 is 18.3 Å². The van der Waals surface area contributed by atoms with Gasteiger partial charge in [0.2, 0.25) is 5.91 Å². The normalized spacial score (nSPS) is 19.6. The molecule has 106 valence electrons. The fraction of sp³-hybridized carbons (Fsp3) is 0.462. The summed E-state index contributed by atoms with van der Waals surface area (Å²) in [5.74, 6) is -1.39. The molecular weight excluding hydrogens is 274 g/mol. The Morgan fingerprint density at radius 3 is 2.79 bits per heavy atom. The molecule has 2 atom stereocenters. The first kappa shape index (κ1) is 15.9. The Morgan fingerprint density at radius 2 is 2.21 bits per heavy atom. The van der Waals surface area contributed by atoms with Crippen LogP contribution in [0.3, 0.4) is 0 Å². The Balaban J connectivity index is 0.00000180. The van der Waals surface area contributed by atoms with Crippen LogP contribution in [0.15, 0.2) is 18.2 Å². The standard InChI is InChI=1S/C13H16F2N2O.ClH/c1-8(10-5-4-9(14)7-11(10)15)17-13(18)12-3-2-6-16-12;/h4-5,7-8,12,16H,2-3,6H2,1H3,(H,17,18);1H. The molecule has 0 saturated carbocycles. The highest BCUT2D eigenvalue weighted by Crippen LogP contribution is 2.18. The summed E-state index contributed by atoms with van der Waals surface area (Å²) in [6, 6.07) is 2.70. The molecular formula is C13H17ClF2N2O. The largest absolute Gasteiger partial charge is 0.348 e. The van der Waals surface area contributed by atoms with Gasteiger partial charge in [-0.15, -0.1) is 12.4 Å². The molecule has 1 aliphatic rings. The second kappa shape index (κ2) is 6.82. The number of nitrogens with one attached hydrogen (secondary N) is 2. The molecule has 1 amide bonds. The van der Waals surface area contributed by atoms with E-state index >= 15 is 0 Å². The van der Waals surface area contributed by atoms with Gasteiger partial charge in [-0.05, 0) is 32.4 Å². The third-order valence-corrected chi connectivity index (χ3v) is 3.16. The highest BCUT2D eigenvalue weighted by Gasteiger charge is 2.24. The van der Waals surface area contributed by atoms with Crippen LogP contribution in [0.25, 0.3) is 0 Å². The first-order valence-corrected chi connectivity index (χ1v) is 6.06. The van der Waals surface area contributed by atoms with Crippen molar-refractivity contribution in [2.45, 2.75) is 31.8 Å². The molecule has 1 aliphatic heterocycles. The summed E-state index contributed by atoms with van der Waals surface area (Å²) >= 11 is 0. The van der Waals surface area contributed by atoms with Crippen LogP contribution >= 0.6 is 12.4 Å². The zero-order valence-electron chi connectivity index (χ0n) is 10.6. The van der Waals surface area contributed by atoms with Crippen LogP contribution in [0.2, 0.25) is 0 Å². The van der Waals surface area contributed by atoms with Crippen molar-refractivity contribution in [1.29, 1.82) is 0 Å². The molecule has 1 saturated heterocycles. The number of hydrogen-bond acceptors (Lipinski definition) is 2. The Hall–Kier alpha value is -1.20. The van der Waals surface area contributed by atoms with E-state index in [2.05, 4.69) is 10.6 Å². The summed E-state index contributed by atoms with van der Waals surface area (Å²) in [6.07, 6.45) is 1.77. The summed E-state index contributed by atoms with van der Waals surface area (Å²) in [5, 5.41) is 5.81. The second-order valence-corrected chi connectivity index (χ2v) is 4.55. The molecule has 1 heterocycles. The van der Waals surface area contributed by atoms with Gasteiger partial charge in [0.25, 0.3) is 0 Å². The molecule has 0 aromatic heterocycles. The van der Waals surface area contributed by atoms with E-state index in [0.717, 1.165) is 25.5 Å². The topological polar surface area (TPSA) is 41.1 Å². The predicted molar refractivity (Wildman–Crippen MR) is 71.2 cm³/mol. The lowest BCUT2D eigenvalue weighted by Gasteiger charge is -2.18. The number of hydrogen-bond donors (Lipinski definition) is 2. The SMILES string of the molecule is CC(NC(=O)C1CCCN1)c1ccc(F)cc1F.Cl. The minimum Gasteiger partial charge on any atom is -0.348 e. The quantitative estimate of drug-likeness (QED) is 0.897. The summed E-state index contributed by atoms with van der Waals surface area (Å²) in [6.45, 7) is 2.51. The van der Waals surface area contributed by atoms with Crippen molar-refractivity contribution in [1.82, 2.24) is 10.6 Å². The summed E-state index contributed by atoms with van der Waals surface area (Å²) in [5.41, 5.74) is 0.294. The number of carbonyl (C=O) groups is 1. The van der Waals surface area contributed by atoms with Crippen LogP contribution in [-0.2, 0) is 4.79 Å². The van der Waals surface area contributed by atoms with Crippen LogP contribution in [0.4, 0.5) is 8.78 Å². The van der Waals surface area contributed by atoms with Crippen LogP contribution in [0, 0.1) is 11.6 Å². The van der Waals surface area contributed by atoms with Gasteiger partial charge in [0.1, 0.15) is 11.6 Å². The van der Waals surface area contributed by atoms with E-state index in [-0.39, 0.29) is 24.4 Å². The highest BCUT2D eigenvalue weighted by atomic mass is 35.5. The van der Waals surface area contributed by atoms with E-state index < -0.39 is 17.7 Å². The first-order chi connectivity index (χ1) is 8.58. The van der Waals surface area contributed by atoms with Crippen LogP contribution in [0.1, 0.15) is 31.4 Å². The number of halogens is 3. The molecule has 1 aromatic rings. The fourth-order valence-electron chi connectivity index (χ4n) is 2.15. The van der Waals surface area contributed by atoms with E-state index in [0.29, 0.717) is 5.56 Å². The average molecular weight is 291 g/mol. The molecule has 2 rings (SSSR count). The monoisotopic (exact) mass is 290 g/mol. The maximum atomic E-state index is 13.5. The third-order valence-electron chi connectivity index (χ3n) is 3.16. The molecule has 2 unspecified atom stereocenters. The van der Waals surface area contributed by atoms with E-state index in [9.17, 15) is 13.6 Å². The predicted octanol–water partition coefficient (Wildman–Crippen LogP) is 2.32. The fourth-order valence-corrected chi connectivity index (χ4v) is 2.15. The Labute approximate surface area is 117 Å². The molecule has 0 radical (unpaired) electrons. The average Bonchev–Trinajstić information content (AvgIpc) is 2.81. The third kappa shape index (κ3) is 3.88. The van der Waals surface area contributed by atoms with E-state index in [1.54, 1.807) is 6.92 Å². The van der Waals surface area contributed by atoms with Gasteiger partial charge in [-0.3, -0.25) is 4.79 Å². The van der Waals surface area contributed by atoms with Gasteiger partial charge in [0.05, 0.1) is 12.1 Å². The lowest BCUT2D eigenvalue weighted by molar-refractivity contribution is -0.123. The molecule has 1 fully saturated rings. The summed E-state index contributed by atoms with van der Waals surface area (Å²) in [4.78, 5) is 11.8. The number of amides is 1. The van der Waals surface area contributed by atoms with Crippen LogP contribution in [-0.4, -0.2) is 18.5 Å². The van der Waals surface area contributed by atoms with Gasteiger partial charge in [-0.25, -0.2) is 8.78 Å². The van der Waals surface area contributed by atoms with Gasteiger partial charge in [-0.1, -0.05) is 6.07 Å². The number of carbonyl (C=O) groups excluding carboxylic acids is 1. The molecule has 6 heteroatoms. The lowest BCUT2D eigenvalue weighted by atomic mass is 10.1. The van der Waals surface area contributed by atoms with Crippen molar-refractivity contribution in [2.75, 3.05) is 6.54 Å². The van der Waals surface area contributed by atoms with Gasteiger partial charge >= 0.3 is 0 Å². The molecule has 0 bridgehead atoms. The van der Waals surface area contributed by atoms with Crippen LogP contribution in [0.5, 0.6) is 0 Å². The van der Waals surface area contributed by atoms with Crippen molar-refractivity contribution in [2.24, 2.45) is 0 Å². The highest BCUT2D eigenvalue weighted by molar-refractivity contribution is 5.85. The second-order valence-electron chi connectivity index (χ2n) is 4.55. The zero-order valence-corrected chi connectivity index (χ0v) is 11.4. The number of rotatable bonds is 3. The minimum atomic E-state index is -0.637. The maximum Gasteiger partial charge on any atom is 0.237 e. The van der Waals surface area contributed by atoms with Gasteiger partial charge in [0.15, 0.2) is 0 Å². The van der Waals surface area contributed by atoms with Crippen molar-refractivity contribution in [3.63, 3.8) is 0 Å². The van der Waals surface area contributed by atoms with Crippen molar-refractivity contribution in [3.05, 3.63) is 35.4 Å². The summed E-state index contributed by atoms with van der Waals surface area (Å²) < 4.78 is 26.3. The van der Waals surface area contributed by atoms with Crippen molar-refractivity contribution < 1.29 is 13.6 Å². The first-order valence-electron chi connectivity index (χ1n) is 6.06. The van der Waals surface area contributed by atoms with Gasteiger partial charge < -0.3 is 10.6 Å². The molecule has 0 spiro atoms. The van der Waals surface area contributed by atoms with E-state index in [1.165, 1.54) is 12.1 Å². The minimum absolute atomic E-state index is 0. The van der Waals surface area contributed by atoms with Gasteiger partial charge in [-0.2, -0.15) is 0 Å². The Morgan fingerprint density at radius 1 is 1.47 bits per heavy atom. The molecule has 0 aliphatic carbocycles.